The van der Waals surface area contributed by atoms with Crippen molar-refractivity contribution >= 4 is 27.9 Å². The Bertz CT molecular complexity index is 763. The SMILES string of the molecule is Cc1nc(N)nc(N)c1CCCCc1ccc(N)cc1.O=S(=O)(O)O. The highest BCUT2D eigenvalue weighted by Gasteiger charge is 2.07. The van der Waals surface area contributed by atoms with E-state index in [2.05, 4.69) is 22.1 Å². The molecule has 8 N–H and O–H groups in total. The molecule has 138 valence electrons. The van der Waals surface area contributed by atoms with Crippen LogP contribution >= 0.6 is 0 Å². The van der Waals surface area contributed by atoms with E-state index in [-0.39, 0.29) is 5.95 Å². The molecule has 10 heteroatoms. The summed E-state index contributed by atoms with van der Waals surface area (Å²) in [6, 6.07) is 8.01. The minimum Gasteiger partial charge on any atom is -0.399 e. The molecule has 0 aliphatic rings. The van der Waals surface area contributed by atoms with Crippen LogP contribution in [0.3, 0.4) is 0 Å². The van der Waals surface area contributed by atoms with E-state index in [0.717, 1.165) is 42.6 Å². The van der Waals surface area contributed by atoms with Crippen molar-refractivity contribution < 1.29 is 17.5 Å². The molecule has 9 nitrogen and oxygen atoms in total. The van der Waals surface area contributed by atoms with E-state index in [1.807, 2.05) is 19.1 Å². The molecule has 0 bridgehead atoms. The third kappa shape index (κ3) is 8.84. The van der Waals surface area contributed by atoms with Crippen LogP contribution in [0.4, 0.5) is 17.5 Å². The van der Waals surface area contributed by atoms with Crippen LogP contribution in [-0.4, -0.2) is 27.5 Å². The number of anilines is 3. The summed E-state index contributed by atoms with van der Waals surface area (Å²) in [4.78, 5) is 8.17. The molecule has 2 aromatic rings. The number of nitrogens with zero attached hydrogens (tertiary/aromatic N) is 2. The molecule has 0 amide bonds. The summed E-state index contributed by atoms with van der Waals surface area (Å²) >= 11 is 0. The number of hydrogen-bond donors (Lipinski definition) is 5. The molecule has 0 fully saturated rings. The number of unbranched alkanes of at least 4 members (excludes halogenated alkanes) is 1. The predicted octanol–water partition coefficient (Wildman–Crippen LogP) is 1.44. The fraction of sp³-hybridized carbons (Fsp3) is 0.333. The van der Waals surface area contributed by atoms with Gasteiger partial charge in [-0.15, -0.1) is 0 Å². The van der Waals surface area contributed by atoms with Crippen LogP contribution in [0.2, 0.25) is 0 Å². The maximum atomic E-state index is 8.74. The largest absolute Gasteiger partial charge is 0.399 e. The van der Waals surface area contributed by atoms with Crippen LogP contribution in [0.5, 0.6) is 0 Å². The van der Waals surface area contributed by atoms with E-state index in [0.29, 0.717) is 5.82 Å². The normalized spacial score (nSPS) is 10.8. The van der Waals surface area contributed by atoms with E-state index in [1.165, 1.54) is 5.56 Å². The van der Waals surface area contributed by atoms with Gasteiger partial charge < -0.3 is 17.2 Å². The van der Waals surface area contributed by atoms with Crippen molar-refractivity contribution in [3.63, 3.8) is 0 Å². The summed E-state index contributed by atoms with van der Waals surface area (Å²) in [5.74, 6) is 0.744. The van der Waals surface area contributed by atoms with Crippen molar-refractivity contribution in [2.75, 3.05) is 17.2 Å². The predicted molar refractivity (Wildman–Crippen MR) is 97.3 cm³/mol. The first-order valence-electron chi connectivity index (χ1n) is 7.49. The molecule has 25 heavy (non-hydrogen) atoms. The Morgan fingerprint density at radius 1 is 0.960 bits per heavy atom. The van der Waals surface area contributed by atoms with Crippen molar-refractivity contribution in [2.24, 2.45) is 0 Å². The first kappa shape index (κ1) is 20.6. The molecular weight excluding hydrogens is 346 g/mol. The minimum absolute atomic E-state index is 0.241. The standard InChI is InChI=1S/C15H21N5.H2O4S/c1-10-13(14(17)20-15(18)19-10)5-3-2-4-11-6-8-12(16)9-7-11;1-5(2,3)4/h6-9H,2-5,16H2,1H3,(H4,17,18,19,20);(H2,1,2,3,4). The van der Waals surface area contributed by atoms with Gasteiger partial charge in [-0.25, -0.2) is 4.98 Å². The number of hydrogen-bond acceptors (Lipinski definition) is 7. The molecule has 0 aliphatic carbocycles. The molecule has 0 atom stereocenters. The number of aryl methyl sites for hydroxylation is 2. The van der Waals surface area contributed by atoms with Gasteiger partial charge in [0.2, 0.25) is 5.95 Å². The van der Waals surface area contributed by atoms with Gasteiger partial charge in [0.15, 0.2) is 0 Å². The summed E-state index contributed by atoms with van der Waals surface area (Å²) < 4.78 is 31.6. The first-order valence-corrected chi connectivity index (χ1v) is 8.88. The highest BCUT2D eigenvalue weighted by Crippen LogP contribution is 2.17. The molecule has 0 spiro atoms. The summed E-state index contributed by atoms with van der Waals surface area (Å²) in [6.45, 7) is 1.92. The van der Waals surface area contributed by atoms with E-state index in [9.17, 15) is 0 Å². The quantitative estimate of drug-likeness (QED) is 0.296. The Balaban J connectivity index is 0.000000550. The summed E-state index contributed by atoms with van der Waals surface area (Å²) in [6.07, 6.45) is 4.05. The monoisotopic (exact) mass is 369 g/mol. The number of aromatic nitrogens is 2. The molecule has 0 saturated heterocycles. The zero-order chi connectivity index (χ0) is 19.0. The molecule has 0 aliphatic heterocycles. The zero-order valence-electron chi connectivity index (χ0n) is 13.9. The fourth-order valence-corrected chi connectivity index (χ4v) is 2.26. The summed E-state index contributed by atoms with van der Waals surface area (Å²) in [5.41, 5.74) is 21.1. The van der Waals surface area contributed by atoms with Crippen LogP contribution < -0.4 is 17.2 Å². The maximum absolute atomic E-state index is 8.74. The van der Waals surface area contributed by atoms with Gasteiger partial charge in [-0.2, -0.15) is 13.4 Å². The highest BCUT2D eigenvalue weighted by atomic mass is 32.3. The number of nitrogen functional groups attached to an aromatic ring is 3. The van der Waals surface area contributed by atoms with Gasteiger partial charge in [-0.05, 0) is 50.3 Å². The number of benzene rings is 1. The lowest BCUT2D eigenvalue weighted by molar-refractivity contribution is 0.381. The van der Waals surface area contributed by atoms with Gasteiger partial charge in [0.05, 0.1) is 0 Å². The Kier molecular flexibility index (Phi) is 7.55. The maximum Gasteiger partial charge on any atom is 0.394 e. The van der Waals surface area contributed by atoms with Gasteiger partial charge in [0, 0.05) is 16.9 Å². The van der Waals surface area contributed by atoms with Gasteiger partial charge in [-0.1, -0.05) is 12.1 Å². The lowest BCUT2D eigenvalue weighted by Gasteiger charge is -2.08. The van der Waals surface area contributed by atoms with Crippen LogP contribution in [0, 0.1) is 6.92 Å². The van der Waals surface area contributed by atoms with Crippen LogP contribution in [0.1, 0.15) is 29.7 Å². The molecule has 1 aromatic heterocycles. The third-order valence-electron chi connectivity index (χ3n) is 3.39. The second-order valence-electron chi connectivity index (χ2n) is 5.43. The molecule has 2 rings (SSSR count). The Morgan fingerprint density at radius 2 is 1.48 bits per heavy atom. The van der Waals surface area contributed by atoms with Crippen LogP contribution in [0.15, 0.2) is 24.3 Å². The lowest BCUT2D eigenvalue weighted by Crippen LogP contribution is -2.07. The lowest BCUT2D eigenvalue weighted by atomic mass is 10.0. The average molecular weight is 369 g/mol. The smallest absolute Gasteiger partial charge is 0.394 e. The van der Waals surface area contributed by atoms with Crippen molar-refractivity contribution in [1.82, 2.24) is 9.97 Å². The van der Waals surface area contributed by atoms with Crippen molar-refractivity contribution in [2.45, 2.75) is 32.6 Å². The third-order valence-corrected chi connectivity index (χ3v) is 3.39. The van der Waals surface area contributed by atoms with Gasteiger partial charge in [0.25, 0.3) is 0 Å². The number of rotatable bonds is 5. The van der Waals surface area contributed by atoms with Crippen LogP contribution in [-0.2, 0) is 23.2 Å². The average Bonchev–Trinajstić information content (AvgIpc) is 2.45. The highest BCUT2D eigenvalue weighted by molar-refractivity contribution is 7.79. The van der Waals surface area contributed by atoms with Gasteiger partial charge >= 0.3 is 10.4 Å². The molecular formula is C15H23N5O4S. The summed E-state index contributed by atoms with van der Waals surface area (Å²) in [7, 11) is -4.67. The van der Waals surface area contributed by atoms with Gasteiger partial charge in [0.1, 0.15) is 5.82 Å². The minimum atomic E-state index is -4.67. The second kappa shape index (κ2) is 9.16. The molecule has 0 saturated carbocycles. The Hall–Kier alpha value is -2.43. The molecule has 0 unspecified atom stereocenters. The van der Waals surface area contributed by atoms with E-state index < -0.39 is 10.4 Å². The first-order chi connectivity index (χ1) is 11.6. The van der Waals surface area contributed by atoms with Crippen molar-refractivity contribution in [3.8, 4) is 0 Å². The van der Waals surface area contributed by atoms with E-state index in [4.69, 9.17) is 34.7 Å². The van der Waals surface area contributed by atoms with Crippen molar-refractivity contribution in [1.29, 1.82) is 0 Å². The van der Waals surface area contributed by atoms with Crippen LogP contribution in [0.25, 0.3) is 0 Å². The second-order valence-corrected chi connectivity index (χ2v) is 6.32. The van der Waals surface area contributed by atoms with Gasteiger partial charge in [-0.3, -0.25) is 9.11 Å². The molecule has 1 heterocycles. The topological polar surface area (TPSA) is 178 Å². The van der Waals surface area contributed by atoms with Crippen molar-refractivity contribution in [3.05, 3.63) is 41.1 Å². The zero-order valence-corrected chi connectivity index (χ0v) is 14.7. The Morgan fingerprint density at radius 3 is 2.00 bits per heavy atom. The molecule has 0 radical (unpaired) electrons. The summed E-state index contributed by atoms with van der Waals surface area (Å²) in [5, 5.41) is 0. The van der Waals surface area contributed by atoms with E-state index in [1.54, 1.807) is 0 Å². The van der Waals surface area contributed by atoms with E-state index >= 15 is 0 Å². The molecule has 1 aromatic carbocycles. The number of nitrogens with two attached hydrogens (primary N) is 3. The fourth-order valence-electron chi connectivity index (χ4n) is 2.26. The Labute approximate surface area is 146 Å².